The largest absolute Gasteiger partial charge is 0.491 e. The first-order valence-corrected chi connectivity index (χ1v) is 10.1. The zero-order valence-corrected chi connectivity index (χ0v) is 18.2. The summed E-state index contributed by atoms with van der Waals surface area (Å²) in [6.07, 6.45) is 0.825. The third-order valence-corrected chi connectivity index (χ3v) is 4.51. The molecule has 0 radical (unpaired) electrons. The van der Waals surface area contributed by atoms with Gasteiger partial charge in [0.2, 0.25) is 0 Å². The van der Waals surface area contributed by atoms with E-state index in [1.54, 1.807) is 55.6 Å². The Labute approximate surface area is 182 Å². The van der Waals surface area contributed by atoms with Crippen LogP contribution in [0.15, 0.2) is 48.5 Å². The molecule has 2 amide bonds. The van der Waals surface area contributed by atoms with Crippen LogP contribution in [0, 0.1) is 0 Å². The summed E-state index contributed by atoms with van der Waals surface area (Å²) in [5, 5.41) is 8.57. The van der Waals surface area contributed by atoms with Gasteiger partial charge in [-0.25, -0.2) is 0 Å². The first-order chi connectivity index (χ1) is 14.4. The van der Waals surface area contributed by atoms with E-state index in [9.17, 15) is 9.59 Å². The Balaban J connectivity index is 1.97. The fourth-order valence-electron chi connectivity index (χ4n) is 2.47. The average Bonchev–Trinajstić information content (AvgIpc) is 2.74. The molecule has 8 heteroatoms. The predicted octanol–water partition coefficient (Wildman–Crippen LogP) is 3.37. The van der Waals surface area contributed by atoms with Crippen LogP contribution in [0.2, 0.25) is 0 Å². The Morgan fingerprint density at radius 2 is 1.73 bits per heavy atom. The van der Waals surface area contributed by atoms with Gasteiger partial charge in [0.15, 0.2) is 5.11 Å². The molecular formula is C22H27N3O4S. The second kappa shape index (κ2) is 11.9. The summed E-state index contributed by atoms with van der Waals surface area (Å²) in [4.78, 5) is 24.9. The second-order valence-corrected chi connectivity index (χ2v) is 7.01. The minimum Gasteiger partial charge on any atom is -0.491 e. The molecule has 0 aromatic heterocycles. The van der Waals surface area contributed by atoms with Gasteiger partial charge in [-0.1, -0.05) is 19.1 Å². The molecule has 0 bridgehead atoms. The van der Waals surface area contributed by atoms with Crippen molar-refractivity contribution in [2.24, 2.45) is 0 Å². The summed E-state index contributed by atoms with van der Waals surface area (Å²) in [5.74, 6) is 0.0775. The molecule has 0 aliphatic rings. The van der Waals surface area contributed by atoms with Gasteiger partial charge in [0.1, 0.15) is 12.4 Å². The molecule has 160 valence electrons. The number of para-hydroxylation sites is 1. The van der Waals surface area contributed by atoms with E-state index < -0.39 is 0 Å². The first-order valence-electron chi connectivity index (χ1n) is 9.68. The van der Waals surface area contributed by atoms with Gasteiger partial charge in [-0.05, 0) is 62.0 Å². The number of carbonyl (C=O) groups excluding carboxylic acids is 2. The van der Waals surface area contributed by atoms with Crippen LogP contribution >= 0.6 is 12.2 Å². The monoisotopic (exact) mass is 429 g/mol. The lowest BCUT2D eigenvalue weighted by Crippen LogP contribution is -2.36. The van der Waals surface area contributed by atoms with Crippen LogP contribution < -0.4 is 20.7 Å². The highest BCUT2D eigenvalue weighted by Gasteiger charge is 2.15. The smallest absolute Gasteiger partial charge is 0.257 e. The maximum atomic E-state index is 12.5. The van der Waals surface area contributed by atoms with Crippen molar-refractivity contribution < 1.29 is 19.1 Å². The molecular weight excluding hydrogens is 402 g/mol. The zero-order valence-electron chi connectivity index (χ0n) is 17.4. The fraction of sp³-hybridized carbons (Fsp3) is 0.318. The first kappa shape index (κ1) is 23.3. The van der Waals surface area contributed by atoms with Gasteiger partial charge in [0.25, 0.3) is 11.8 Å². The number of hydrogen-bond donors (Lipinski definition) is 3. The third kappa shape index (κ3) is 7.13. The van der Waals surface area contributed by atoms with E-state index in [4.69, 9.17) is 21.7 Å². The number of benzene rings is 2. The Bertz CT molecular complexity index is 871. The number of hydrogen-bond acceptors (Lipinski definition) is 5. The molecule has 1 unspecified atom stereocenters. The molecule has 2 aromatic carbocycles. The van der Waals surface area contributed by atoms with Crippen molar-refractivity contribution in [2.45, 2.75) is 26.3 Å². The van der Waals surface area contributed by atoms with Crippen molar-refractivity contribution in [1.82, 2.24) is 10.6 Å². The number of methoxy groups -OCH3 is 1. The van der Waals surface area contributed by atoms with Crippen molar-refractivity contribution in [2.75, 3.05) is 25.6 Å². The summed E-state index contributed by atoms with van der Waals surface area (Å²) >= 11 is 5.25. The number of anilines is 1. The number of rotatable bonds is 9. The van der Waals surface area contributed by atoms with Gasteiger partial charge >= 0.3 is 0 Å². The Hall–Kier alpha value is -2.97. The second-order valence-electron chi connectivity index (χ2n) is 6.60. The zero-order chi connectivity index (χ0) is 21.9. The molecule has 1 atom stereocenters. The predicted molar refractivity (Wildman–Crippen MR) is 121 cm³/mol. The van der Waals surface area contributed by atoms with Gasteiger partial charge in [-0.15, -0.1) is 0 Å². The average molecular weight is 430 g/mol. The van der Waals surface area contributed by atoms with Gasteiger partial charge < -0.3 is 20.1 Å². The molecule has 30 heavy (non-hydrogen) atoms. The molecule has 0 saturated carbocycles. The maximum absolute atomic E-state index is 12.5. The van der Waals surface area contributed by atoms with E-state index in [0.29, 0.717) is 35.8 Å². The van der Waals surface area contributed by atoms with E-state index in [-0.39, 0.29) is 23.0 Å². The van der Waals surface area contributed by atoms with Crippen LogP contribution in [0.3, 0.4) is 0 Å². The number of thiocarbonyl (C=S) groups is 1. The minimum atomic E-state index is -0.363. The Morgan fingerprint density at radius 1 is 1.03 bits per heavy atom. The third-order valence-electron chi connectivity index (χ3n) is 4.31. The van der Waals surface area contributed by atoms with Crippen LogP contribution in [0.4, 0.5) is 5.69 Å². The quantitative estimate of drug-likeness (QED) is 0.418. The van der Waals surface area contributed by atoms with Crippen molar-refractivity contribution in [3.05, 3.63) is 59.7 Å². The highest BCUT2D eigenvalue weighted by atomic mass is 32.1. The molecule has 3 N–H and O–H groups in total. The van der Waals surface area contributed by atoms with E-state index in [1.165, 1.54) is 0 Å². The van der Waals surface area contributed by atoms with Gasteiger partial charge in [-0.3, -0.25) is 14.9 Å². The molecule has 2 rings (SSSR count). The summed E-state index contributed by atoms with van der Waals surface area (Å²) in [6, 6.07) is 13.7. The van der Waals surface area contributed by atoms with Crippen molar-refractivity contribution in [1.29, 1.82) is 0 Å². The summed E-state index contributed by atoms with van der Waals surface area (Å²) in [7, 11) is 1.60. The standard InChI is InChI=1S/C22H27N3O4S/c1-4-15(2)23-21(27)18-7-5-6-8-19(18)24-22(30)25-20(26)16-9-11-17(12-10-16)29-14-13-28-3/h5-12,15H,4,13-14H2,1-3H3,(H,23,27)(H2,24,25,26,30). The normalized spacial score (nSPS) is 11.3. The van der Waals surface area contributed by atoms with Crippen molar-refractivity contribution >= 4 is 34.8 Å². The topological polar surface area (TPSA) is 88.7 Å². The van der Waals surface area contributed by atoms with Crippen LogP contribution in [-0.4, -0.2) is 43.3 Å². The number of carbonyl (C=O) groups is 2. The van der Waals surface area contributed by atoms with E-state index in [1.807, 2.05) is 13.8 Å². The Kier molecular flexibility index (Phi) is 9.24. The van der Waals surface area contributed by atoms with E-state index >= 15 is 0 Å². The van der Waals surface area contributed by atoms with E-state index in [0.717, 1.165) is 6.42 Å². The highest BCUT2D eigenvalue weighted by molar-refractivity contribution is 7.80. The van der Waals surface area contributed by atoms with Crippen LogP contribution in [-0.2, 0) is 4.74 Å². The lowest BCUT2D eigenvalue weighted by molar-refractivity contribution is 0.0938. The fourth-order valence-corrected chi connectivity index (χ4v) is 2.67. The highest BCUT2D eigenvalue weighted by Crippen LogP contribution is 2.16. The molecule has 0 aliphatic heterocycles. The molecule has 0 saturated heterocycles. The summed E-state index contributed by atoms with van der Waals surface area (Å²) in [6.45, 7) is 4.85. The Morgan fingerprint density at radius 3 is 2.40 bits per heavy atom. The number of ether oxygens (including phenoxy) is 2. The van der Waals surface area contributed by atoms with Crippen LogP contribution in [0.1, 0.15) is 41.0 Å². The van der Waals surface area contributed by atoms with Gasteiger partial charge in [0, 0.05) is 18.7 Å². The van der Waals surface area contributed by atoms with Gasteiger partial charge in [-0.2, -0.15) is 0 Å². The molecule has 0 spiro atoms. The lowest BCUT2D eigenvalue weighted by atomic mass is 10.1. The van der Waals surface area contributed by atoms with E-state index in [2.05, 4.69) is 16.0 Å². The molecule has 7 nitrogen and oxygen atoms in total. The van der Waals surface area contributed by atoms with Crippen molar-refractivity contribution in [3.8, 4) is 5.75 Å². The SMILES string of the molecule is CCC(C)NC(=O)c1ccccc1NC(=S)NC(=O)c1ccc(OCCOC)cc1. The molecule has 0 aliphatic carbocycles. The molecule has 2 aromatic rings. The minimum absolute atomic E-state index is 0.0543. The van der Waals surface area contributed by atoms with Gasteiger partial charge in [0.05, 0.1) is 17.9 Å². The number of amides is 2. The molecule has 0 heterocycles. The summed E-state index contributed by atoms with van der Waals surface area (Å²) in [5.41, 5.74) is 1.40. The van der Waals surface area contributed by atoms with Crippen molar-refractivity contribution in [3.63, 3.8) is 0 Å². The summed E-state index contributed by atoms with van der Waals surface area (Å²) < 4.78 is 10.4. The number of nitrogens with one attached hydrogen (secondary N) is 3. The lowest BCUT2D eigenvalue weighted by Gasteiger charge is -2.16. The maximum Gasteiger partial charge on any atom is 0.257 e. The van der Waals surface area contributed by atoms with Crippen LogP contribution in [0.5, 0.6) is 5.75 Å². The molecule has 0 fully saturated rings. The van der Waals surface area contributed by atoms with Crippen LogP contribution in [0.25, 0.3) is 0 Å².